The normalized spacial score (nSPS) is 10.5. The van der Waals surface area contributed by atoms with Crippen molar-refractivity contribution in [2.75, 3.05) is 12.4 Å². The molecule has 0 unspecified atom stereocenters. The molecule has 0 bridgehead atoms. The Kier molecular flexibility index (Phi) is 3.95. The van der Waals surface area contributed by atoms with E-state index in [1.165, 1.54) is 0 Å². The molecule has 0 aliphatic rings. The van der Waals surface area contributed by atoms with Crippen molar-refractivity contribution in [3.05, 3.63) is 48.9 Å². The van der Waals surface area contributed by atoms with Crippen molar-refractivity contribution < 1.29 is 4.74 Å². The van der Waals surface area contributed by atoms with Gasteiger partial charge < -0.3 is 10.1 Å². The molecule has 0 amide bonds. The minimum Gasteiger partial charge on any atom is -0.481 e. The van der Waals surface area contributed by atoms with Crippen molar-refractivity contribution in [3.63, 3.8) is 0 Å². The first kappa shape index (κ1) is 14.0. The fraction of sp³-hybridized carbons (Fsp3) is 0.200. The van der Waals surface area contributed by atoms with E-state index >= 15 is 0 Å². The molecule has 0 spiro atoms. The van der Waals surface area contributed by atoms with Gasteiger partial charge in [-0.3, -0.25) is 4.68 Å². The second-order valence-electron chi connectivity index (χ2n) is 4.69. The summed E-state index contributed by atoms with van der Waals surface area (Å²) in [5, 5.41) is 7.53. The van der Waals surface area contributed by atoms with E-state index in [-0.39, 0.29) is 0 Å². The summed E-state index contributed by atoms with van der Waals surface area (Å²) < 4.78 is 6.95. The van der Waals surface area contributed by atoms with Gasteiger partial charge in [-0.15, -0.1) is 0 Å². The molecule has 7 nitrogen and oxygen atoms in total. The monoisotopic (exact) mass is 296 g/mol. The second-order valence-corrected chi connectivity index (χ2v) is 4.69. The Morgan fingerprint density at radius 2 is 2.00 bits per heavy atom. The van der Waals surface area contributed by atoms with Gasteiger partial charge in [0.1, 0.15) is 5.82 Å². The SMILES string of the molecule is COc1cc(NCc2ncccn2)c(-c2cnn(C)c2)cn1. The largest absolute Gasteiger partial charge is 0.481 e. The van der Waals surface area contributed by atoms with Crippen LogP contribution < -0.4 is 10.1 Å². The fourth-order valence-electron chi connectivity index (χ4n) is 2.08. The smallest absolute Gasteiger partial charge is 0.215 e. The predicted molar refractivity (Wildman–Crippen MR) is 82.3 cm³/mol. The lowest BCUT2D eigenvalue weighted by molar-refractivity contribution is 0.398. The molecule has 22 heavy (non-hydrogen) atoms. The van der Waals surface area contributed by atoms with Gasteiger partial charge in [0.15, 0.2) is 0 Å². The quantitative estimate of drug-likeness (QED) is 0.774. The van der Waals surface area contributed by atoms with Crippen LogP contribution in [0.3, 0.4) is 0 Å². The van der Waals surface area contributed by atoms with E-state index in [0.29, 0.717) is 12.4 Å². The van der Waals surface area contributed by atoms with Crippen LogP contribution in [0.25, 0.3) is 11.1 Å². The summed E-state index contributed by atoms with van der Waals surface area (Å²) in [6.45, 7) is 0.515. The standard InChI is InChI=1S/C15H16N6O/c1-21-10-11(7-20-21)12-8-19-15(22-2)6-13(12)18-9-14-16-4-3-5-17-14/h3-8,10H,9H2,1-2H3,(H,18,19). The number of methoxy groups -OCH3 is 1. The number of aryl methyl sites for hydroxylation is 1. The maximum atomic E-state index is 5.20. The Bertz CT molecular complexity index is 756. The summed E-state index contributed by atoms with van der Waals surface area (Å²) in [4.78, 5) is 12.7. The number of pyridine rings is 1. The van der Waals surface area contributed by atoms with Crippen LogP contribution in [-0.2, 0) is 13.6 Å². The maximum absolute atomic E-state index is 5.20. The van der Waals surface area contributed by atoms with Crippen molar-refractivity contribution >= 4 is 5.69 Å². The van der Waals surface area contributed by atoms with Gasteiger partial charge in [-0.1, -0.05) is 0 Å². The van der Waals surface area contributed by atoms with E-state index in [0.717, 1.165) is 22.6 Å². The molecule has 0 aliphatic heterocycles. The molecule has 3 rings (SSSR count). The first-order valence-electron chi connectivity index (χ1n) is 6.79. The van der Waals surface area contributed by atoms with E-state index in [1.807, 2.05) is 19.3 Å². The number of nitrogens with one attached hydrogen (secondary N) is 1. The zero-order valence-electron chi connectivity index (χ0n) is 12.4. The van der Waals surface area contributed by atoms with Crippen LogP contribution in [0.1, 0.15) is 5.82 Å². The van der Waals surface area contributed by atoms with Crippen LogP contribution in [-0.4, -0.2) is 31.8 Å². The third-order valence-electron chi connectivity index (χ3n) is 3.16. The zero-order chi connectivity index (χ0) is 15.4. The molecule has 0 aromatic carbocycles. The first-order valence-corrected chi connectivity index (χ1v) is 6.79. The highest BCUT2D eigenvalue weighted by Crippen LogP contribution is 2.29. The lowest BCUT2D eigenvalue weighted by Crippen LogP contribution is -2.05. The fourth-order valence-corrected chi connectivity index (χ4v) is 2.08. The molecule has 1 N–H and O–H groups in total. The Morgan fingerprint density at radius 1 is 1.18 bits per heavy atom. The molecule has 0 aliphatic carbocycles. The number of aromatic nitrogens is 5. The lowest BCUT2D eigenvalue weighted by Gasteiger charge is -2.11. The highest BCUT2D eigenvalue weighted by Gasteiger charge is 2.10. The molecule has 0 saturated heterocycles. The summed E-state index contributed by atoms with van der Waals surface area (Å²) in [5.74, 6) is 1.26. The molecule has 3 aromatic rings. The summed E-state index contributed by atoms with van der Waals surface area (Å²) in [6, 6.07) is 3.64. The number of nitrogens with zero attached hydrogens (tertiary/aromatic N) is 5. The Hall–Kier alpha value is -2.96. The van der Waals surface area contributed by atoms with Crippen molar-refractivity contribution in [1.82, 2.24) is 24.7 Å². The number of rotatable bonds is 5. The van der Waals surface area contributed by atoms with E-state index in [1.54, 1.807) is 42.6 Å². The maximum Gasteiger partial charge on any atom is 0.215 e. The Morgan fingerprint density at radius 3 is 2.68 bits per heavy atom. The number of hydrogen-bond donors (Lipinski definition) is 1. The van der Waals surface area contributed by atoms with Gasteiger partial charge in [0, 0.05) is 54.7 Å². The number of ether oxygens (including phenoxy) is 1. The lowest BCUT2D eigenvalue weighted by atomic mass is 10.1. The number of anilines is 1. The second kappa shape index (κ2) is 6.21. The molecule has 0 fully saturated rings. The van der Waals surface area contributed by atoms with Crippen molar-refractivity contribution in [2.24, 2.45) is 7.05 Å². The average molecular weight is 296 g/mol. The van der Waals surface area contributed by atoms with E-state index < -0.39 is 0 Å². The molecular weight excluding hydrogens is 280 g/mol. The van der Waals surface area contributed by atoms with Gasteiger partial charge in [0.25, 0.3) is 0 Å². The van der Waals surface area contributed by atoms with Gasteiger partial charge >= 0.3 is 0 Å². The van der Waals surface area contributed by atoms with E-state index in [2.05, 4.69) is 25.4 Å². The molecule has 3 aromatic heterocycles. The van der Waals surface area contributed by atoms with Gasteiger partial charge in [0.2, 0.25) is 5.88 Å². The zero-order valence-corrected chi connectivity index (χ0v) is 12.4. The van der Waals surface area contributed by atoms with E-state index in [4.69, 9.17) is 4.74 Å². The van der Waals surface area contributed by atoms with Gasteiger partial charge in [-0.2, -0.15) is 5.10 Å². The Labute approximate surface area is 128 Å². The number of hydrogen-bond acceptors (Lipinski definition) is 6. The first-order chi connectivity index (χ1) is 10.8. The van der Waals surface area contributed by atoms with Gasteiger partial charge in [-0.25, -0.2) is 15.0 Å². The van der Waals surface area contributed by atoms with Gasteiger partial charge in [-0.05, 0) is 6.07 Å². The third-order valence-corrected chi connectivity index (χ3v) is 3.16. The van der Waals surface area contributed by atoms with Crippen molar-refractivity contribution in [1.29, 1.82) is 0 Å². The third kappa shape index (κ3) is 3.03. The van der Waals surface area contributed by atoms with E-state index in [9.17, 15) is 0 Å². The summed E-state index contributed by atoms with van der Waals surface area (Å²) in [6.07, 6.45) is 8.95. The van der Waals surface area contributed by atoms with Crippen LogP contribution in [0.15, 0.2) is 43.1 Å². The molecule has 0 saturated carbocycles. The van der Waals surface area contributed by atoms with Crippen molar-refractivity contribution in [3.8, 4) is 17.0 Å². The molecule has 0 radical (unpaired) electrons. The van der Waals surface area contributed by atoms with Crippen LogP contribution in [0.4, 0.5) is 5.69 Å². The van der Waals surface area contributed by atoms with Crippen molar-refractivity contribution in [2.45, 2.75) is 6.54 Å². The summed E-state index contributed by atoms with van der Waals surface area (Å²) >= 11 is 0. The highest BCUT2D eigenvalue weighted by atomic mass is 16.5. The highest BCUT2D eigenvalue weighted by molar-refractivity contribution is 5.77. The molecule has 112 valence electrons. The topological polar surface area (TPSA) is 77.8 Å². The molecule has 3 heterocycles. The van der Waals surface area contributed by atoms with Crippen LogP contribution >= 0.6 is 0 Å². The minimum atomic E-state index is 0.515. The predicted octanol–water partition coefficient (Wildman–Crippen LogP) is 1.89. The molecular formula is C15H16N6O. The Balaban J connectivity index is 1.90. The van der Waals surface area contributed by atoms with Crippen LogP contribution in [0.2, 0.25) is 0 Å². The van der Waals surface area contributed by atoms with Gasteiger partial charge in [0.05, 0.1) is 19.9 Å². The summed E-state index contributed by atoms with van der Waals surface area (Å²) in [7, 11) is 3.47. The molecule has 0 atom stereocenters. The average Bonchev–Trinajstić information content (AvgIpc) is 3.00. The molecule has 7 heteroatoms. The van der Waals surface area contributed by atoms with Crippen LogP contribution in [0, 0.1) is 0 Å². The summed E-state index contributed by atoms with van der Waals surface area (Å²) in [5.41, 5.74) is 2.83. The van der Waals surface area contributed by atoms with Crippen LogP contribution in [0.5, 0.6) is 5.88 Å². The minimum absolute atomic E-state index is 0.515.